The summed E-state index contributed by atoms with van der Waals surface area (Å²) in [5.74, 6) is 0.405. The van der Waals surface area contributed by atoms with Crippen LogP contribution in [-0.2, 0) is 4.79 Å². The van der Waals surface area contributed by atoms with Crippen molar-refractivity contribution in [3.8, 4) is 11.3 Å². The number of aromatic nitrogens is 2. The Balaban J connectivity index is 2.16. The van der Waals surface area contributed by atoms with Crippen molar-refractivity contribution in [2.24, 2.45) is 5.92 Å². The Kier molecular flexibility index (Phi) is 4.00. The highest BCUT2D eigenvalue weighted by molar-refractivity contribution is 5.91. The quantitative estimate of drug-likeness (QED) is 0.882. The lowest BCUT2D eigenvalue weighted by Crippen LogP contribution is -2.13. The lowest BCUT2D eigenvalue weighted by molar-refractivity contribution is -0.116. The van der Waals surface area contributed by atoms with E-state index < -0.39 is 0 Å². The van der Waals surface area contributed by atoms with E-state index in [1.54, 1.807) is 6.33 Å². The monoisotopic (exact) mass is 257 g/mol. The predicted octanol–water partition coefficient (Wildman–Crippen LogP) is 3.37. The third-order valence-corrected chi connectivity index (χ3v) is 2.84. The number of imidazole rings is 1. The maximum atomic E-state index is 11.8. The number of carbonyl (C=O) groups is 1. The minimum Gasteiger partial charge on any atom is -0.348 e. The Bertz CT molecular complexity index is 572. The molecule has 4 heteroatoms. The van der Waals surface area contributed by atoms with Gasteiger partial charge in [-0.25, -0.2) is 4.98 Å². The van der Waals surface area contributed by atoms with Crippen molar-refractivity contribution >= 4 is 11.6 Å². The first-order chi connectivity index (χ1) is 9.06. The number of hydrogen-bond acceptors (Lipinski definition) is 2. The van der Waals surface area contributed by atoms with Gasteiger partial charge in [0.2, 0.25) is 5.91 Å². The van der Waals surface area contributed by atoms with Gasteiger partial charge in [0.1, 0.15) is 0 Å². The molecule has 0 radical (unpaired) electrons. The van der Waals surface area contributed by atoms with Crippen LogP contribution in [0.15, 0.2) is 30.6 Å². The fourth-order valence-corrected chi connectivity index (χ4v) is 1.98. The highest BCUT2D eigenvalue weighted by Crippen LogP contribution is 2.23. The summed E-state index contributed by atoms with van der Waals surface area (Å²) in [5, 5.41) is 2.92. The maximum absolute atomic E-state index is 11.8. The second-order valence-electron chi connectivity index (χ2n) is 5.10. The number of anilines is 1. The molecule has 0 spiro atoms. The molecule has 2 aromatic rings. The Morgan fingerprint density at radius 1 is 1.42 bits per heavy atom. The largest absolute Gasteiger partial charge is 0.348 e. The molecule has 1 aromatic heterocycles. The normalized spacial score (nSPS) is 10.7. The van der Waals surface area contributed by atoms with Crippen LogP contribution in [0.2, 0.25) is 0 Å². The topological polar surface area (TPSA) is 57.8 Å². The van der Waals surface area contributed by atoms with Gasteiger partial charge in [-0.3, -0.25) is 4.79 Å². The summed E-state index contributed by atoms with van der Waals surface area (Å²) in [5.41, 5.74) is 3.75. The molecule has 19 heavy (non-hydrogen) atoms. The van der Waals surface area contributed by atoms with Crippen LogP contribution < -0.4 is 5.32 Å². The molecular weight excluding hydrogens is 238 g/mol. The van der Waals surface area contributed by atoms with E-state index >= 15 is 0 Å². The maximum Gasteiger partial charge on any atom is 0.224 e. The molecule has 0 aliphatic heterocycles. The van der Waals surface area contributed by atoms with Gasteiger partial charge < -0.3 is 10.3 Å². The Morgan fingerprint density at radius 2 is 2.21 bits per heavy atom. The number of nitrogens with one attached hydrogen (secondary N) is 2. The zero-order valence-electron chi connectivity index (χ0n) is 11.5. The van der Waals surface area contributed by atoms with Crippen LogP contribution in [0.1, 0.15) is 26.0 Å². The second kappa shape index (κ2) is 5.69. The van der Waals surface area contributed by atoms with E-state index in [1.165, 1.54) is 0 Å². The van der Waals surface area contributed by atoms with Gasteiger partial charge in [-0.15, -0.1) is 0 Å². The molecule has 0 saturated carbocycles. The van der Waals surface area contributed by atoms with E-state index in [0.29, 0.717) is 12.3 Å². The summed E-state index contributed by atoms with van der Waals surface area (Å²) in [6.07, 6.45) is 2.21. The Morgan fingerprint density at radius 3 is 2.84 bits per heavy atom. The van der Waals surface area contributed by atoms with Gasteiger partial charge in [-0.05, 0) is 25.0 Å². The summed E-state index contributed by atoms with van der Waals surface area (Å²) in [7, 11) is 0. The number of carbonyl (C=O) groups excluding carboxylic acids is 1. The minimum atomic E-state index is 0.0471. The van der Waals surface area contributed by atoms with E-state index in [0.717, 1.165) is 22.6 Å². The molecule has 4 nitrogen and oxygen atoms in total. The van der Waals surface area contributed by atoms with Gasteiger partial charge in [0.05, 0.1) is 12.0 Å². The smallest absolute Gasteiger partial charge is 0.224 e. The summed E-state index contributed by atoms with van der Waals surface area (Å²) in [6, 6.07) is 7.75. The molecular formula is C15H19N3O. The SMILES string of the molecule is Cc1[nH]cnc1-c1cccc(NC(=O)CC(C)C)c1. The van der Waals surface area contributed by atoms with E-state index in [4.69, 9.17) is 0 Å². The third-order valence-electron chi connectivity index (χ3n) is 2.84. The highest BCUT2D eigenvalue weighted by Gasteiger charge is 2.08. The van der Waals surface area contributed by atoms with Gasteiger partial charge in [-0.1, -0.05) is 26.0 Å². The standard InChI is InChI=1S/C15H19N3O/c1-10(2)7-14(19)18-13-6-4-5-12(8-13)15-11(3)16-9-17-15/h4-6,8-10H,7H2,1-3H3,(H,16,17)(H,18,19). The fraction of sp³-hybridized carbons (Fsp3) is 0.333. The zero-order chi connectivity index (χ0) is 13.8. The second-order valence-corrected chi connectivity index (χ2v) is 5.10. The first-order valence-electron chi connectivity index (χ1n) is 6.46. The molecule has 1 amide bonds. The van der Waals surface area contributed by atoms with E-state index in [1.807, 2.05) is 45.0 Å². The van der Waals surface area contributed by atoms with Crippen LogP contribution in [-0.4, -0.2) is 15.9 Å². The van der Waals surface area contributed by atoms with Crippen molar-refractivity contribution in [2.75, 3.05) is 5.32 Å². The van der Waals surface area contributed by atoms with Crippen molar-refractivity contribution in [1.82, 2.24) is 9.97 Å². The van der Waals surface area contributed by atoms with Crippen molar-refractivity contribution < 1.29 is 4.79 Å². The predicted molar refractivity (Wildman–Crippen MR) is 76.8 cm³/mol. The van der Waals surface area contributed by atoms with Gasteiger partial charge in [0.15, 0.2) is 0 Å². The molecule has 0 unspecified atom stereocenters. The number of nitrogens with zero attached hydrogens (tertiary/aromatic N) is 1. The summed E-state index contributed by atoms with van der Waals surface area (Å²) in [4.78, 5) is 19.1. The molecule has 0 bridgehead atoms. The van der Waals surface area contributed by atoms with Crippen molar-refractivity contribution in [1.29, 1.82) is 0 Å². The molecule has 0 aliphatic rings. The molecule has 1 aromatic carbocycles. The van der Waals surface area contributed by atoms with Crippen LogP contribution in [0.5, 0.6) is 0 Å². The van der Waals surface area contributed by atoms with Crippen molar-refractivity contribution in [3.05, 3.63) is 36.3 Å². The first-order valence-corrected chi connectivity index (χ1v) is 6.46. The third kappa shape index (κ3) is 3.44. The van der Waals surface area contributed by atoms with E-state index in [9.17, 15) is 4.79 Å². The number of rotatable bonds is 4. The number of benzene rings is 1. The fourth-order valence-electron chi connectivity index (χ4n) is 1.98. The zero-order valence-corrected chi connectivity index (χ0v) is 11.5. The van der Waals surface area contributed by atoms with Crippen LogP contribution >= 0.6 is 0 Å². The van der Waals surface area contributed by atoms with Gasteiger partial charge >= 0.3 is 0 Å². The molecule has 0 fully saturated rings. The molecule has 0 atom stereocenters. The molecule has 2 N–H and O–H groups in total. The van der Waals surface area contributed by atoms with Crippen LogP contribution in [0.4, 0.5) is 5.69 Å². The lowest BCUT2D eigenvalue weighted by atomic mass is 10.1. The van der Waals surface area contributed by atoms with Gasteiger partial charge in [-0.2, -0.15) is 0 Å². The van der Waals surface area contributed by atoms with Gasteiger partial charge in [0, 0.05) is 23.4 Å². The number of aryl methyl sites for hydroxylation is 1. The minimum absolute atomic E-state index is 0.0471. The molecule has 2 rings (SSSR count). The average Bonchev–Trinajstić information content (AvgIpc) is 2.74. The number of aromatic amines is 1. The number of H-pyrrole nitrogens is 1. The van der Waals surface area contributed by atoms with Crippen LogP contribution in [0.3, 0.4) is 0 Å². The highest BCUT2D eigenvalue weighted by atomic mass is 16.1. The molecule has 0 aliphatic carbocycles. The summed E-state index contributed by atoms with van der Waals surface area (Å²) in [6.45, 7) is 6.04. The Labute approximate surface area is 113 Å². The number of amides is 1. The molecule has 100 valence electrons. The number of hydrogen-bond donors (Lipinski definition) is 2. The first kappa shape index (κ1) is 13.3. The summed E-state index contributed by atoms with van der Waals surface area (Å²) >= 11 is 0. The Hall–Kier alpha value is -2.10. The van der Waals surface area contributed by atoms with Crippen molar-refractivity contribution in [2.45, 2.75) is 27.2 Å². The van der Waals surface area contributed by atoms with E-state index in [-0.39, 0.29) is 5.91 Å². The lowest BCUT2D eigenvalue weighted by Gasteiger charge is -2.08. The van der Waals surface area contributed by atoms with Crippen LogP contribution in [0, 0.1) is 12.8 Å². The average molecular weight is 257 g/mol. The molecule has 0 saturated heterocycles. The summed E-state index contributed by atoms with van der Waals surface area (Å²) < 4.78 is 0. The van der Waals surface area contributed by atoms with Crippen LogP contribution in [0.25, 0.3) is 11.3 Å². The van der Waals surface area contributed by atoms with Crippen molar-refractivity contribution in [3.63, 3.8) is 0 Å². The van der Waals surface area contributed by atoms with Gasteiger partial charge in [0.25, 0.3) is 0 Å². The van der Waals surface area contributed by atoms with E-state index in [2.05, 4.69) is 15.3 Å². The molecule has 1 heterocycles.